The number of hydrogen-bond donors (Lipinski definition) is 3. The second-order valence-electron chi connectivity index (χ2n) is 4.47. The molecule has 4 N–H and O–H groups in total. The molecule has 1 amide bonds. The van der Waals surface area contributed by atoms with E-state index in [0.717, 1.165) is 32.1 Å². The standard InChI is InChI=1S/C10H18N2O2/c11-7-5-6(7)10(14)12-8-3-1-2-4-9(8)13/h6-9,13H,1-5,11H2,(H,12,14). The molecular weight excluding hydrogens is 180 g/mol. The van der Waals surface area contributed by atoms with E-state index in [1.54, 1.807) is 0 Å². The highest BCUT2D eigenvalue weighted by molar-refractivity contribution is 5.82. The van der Waals surface area contributed by atoms with E-state index in [4.69, 9.17) is 5.73 Å². The smallest absolute Gasteiger partial charge is 0.225 e. The minimum absolute atomic E-state index is 0.00382. The Morgan fingerprint density at radius 3 is 2.57 bits per heavy atom. The van der Waals surface area contributed by atoms with Gasteiger partial charge < -0.3 is 16.2 Å². The topological polar surface area (TPSA) is 75.4 Å². The molecule has 0 spiro atoms. The highest BCUT2D eigenvalue weighted by Crippen LogP contribution is 2.28. The maximum atomic E-state index is 11.5. The van der Waals surface area contributed by atoms with Crippen LogP contribution < -0.4 is 11.1 Å². The summed E-state index contributed by atoms with van der Waals surface area (Å²) in [6.07, 6.45) is 4.31. The first-order valence-electron chi connectivity index (χ1n) is 5.42. The number of amides is 1. The van der Waals surface area contributed by atoms with Crippen LogP contribution in [-0.4, -0.2) is 29.2 Å². The summed E-state index contributed by atoms with van der Waals surface area (Å²) in [5, 5.41) is 12.5. The molecule has 0 saturated heterocycles. The maximum Gasteiger partial charge on any atom is 0.225 e. The molecule has 4 heteroatoms. The van der Waals surface area contributed by atoms with E-state index < -0.39 is 0 Å². The van der Waals surface area contributed by atoms with Gasteiger partial charge in [0.15, 0.2) is 0 Å². The Hall–Kier alpha value is -0.610. The van der Waals surface area contributed by atoms with Crippen molar-refractivity contribution in [1.82, 2.24) is 5.32 Å². The Morgan fingerprint density at radius 2 is 2.00 bits per heavy atom. The van der Waals surface area contributed by atoms with Crippen molar-refractivity contribution >= 4 is 5.91 Å². The second-order valence-corrected chi connectivity index (χ2v) is 4.47. The van der Waals surface area contributed by atoms with E-state index in [2.05, 4.69) is 5.32 Å². The molecule has 2 rings (SSSR count). The van der Waals surface area contributed by atoms with Crippen LogP contribution in [0.3, 0.4) is 0 Å². The summed E-state index contributed by atoms with van der Waals surface area (Å²) >= 11 is 0. The molecule has 0 heterocycles. The van der Waals surface area contributed by atoms with E-state index >= 15 is 0 Å². The van der Waals surface area contributed by atoms with Crippen molar-refractivity contribution in [2.45, 2.75) is 50.3 Å². The quantitative estimate of drug-likeness (QED) is 0.573. The summed E-state index contributed by atoms with van der Waals surface area (Å²) in [6, 6.07) is 0.0137. The highest BCUT2D eigenvalue weighted by atomic mass is 16.3. The van der Waals surface area contributed by atoms with Crippen LogP contribution in [0, 0.1) is 5.92 Å². The van der Waals surface area contributed by atoms with Crippen molar-refractivity contribution in [3.63, 3.8) is 0 Å². The van der Waals surface area contributed by atoms with Crippen molar-refractivity contribution < 1.29 is 9.90 Å². The van der Waals surface area contributed by atoms with Crippen molar-refractivity contribution in [3.05, 3.63) is 0 Å². The Bertz CT molecular complexity index is 232. The fraction of sp³-hybridized carbons (Fsp3) is 0.900. The molecule has 0 aromatic heterocycles. The van der Waals surface area contributed by atoms with Gasteiger partial charge in [0.2, 0.25) is 5.91 Å². The summed E-state index contributed by atoms with van der Waals surface area (Å²) in [6.45, 7) is 0. The van der Waals surface area contributed by atoms with E-state index in [9.17, 15) is 9.90 Å². The third kappa shape index (κ3) is 2.07. The van der Waals surface area contributed by atoms with Gasteiger partial charge in [-0.05, 0) is 19.3 Å². The molecule has 0 radical (unpaired) electrons. The molecule has 4 nitrogen and oxygen atoms in total. The van der Waals surface area contributed by atoms with Crippen LogP contribution in [-0.2, 0) is 4.79 Å². The van der Waals surface area contributed by atoms with Gasteiger partial charge in [-0.1, -0.05) is 12.8 Å². The van der Waals surface area contributed by atoms with Gasteiger partial charge in [-0.3, -0.25) is 4.79 Å². The Morgan fingerprint density at radius 1 is 1.36 bits per heavy atom. The summed E-state index contributed by atoms with van der Waals surface area (Å²) in [5.74, 6) is 0.0348. The Labute approximate surface area is 83.9 Å². The van der Waals surface area contributed by atoms with Crippen molar-refractivity contribution in [1.29, 1.82) is 0 Å². The fourth-order valence-electron chi connectivity index (χ4n) is 2.09. The van der Waals surface area contributed by atoms with Crippen LogP contribution in [0.4, 0.5) is 0 Å². The number of aliphatic hydroxyl groups is 1. The molecule has 4 unspecified atom stereocenters. The lowest BCUT2D eigenvalue weighted by Crippen LogP contribution is -2.46. The van der Waals surface area contributed by atoms with Crippen LogP contribution in [0.15, 0.2) is 0 Å². The van der Waals surface area contributed by atoms with Crippen LogP contribution in [0.25, 0.3) is 0 Å². The molecule has 2 aliphatic carbocycles. The summed E-state index contributed by atoms with van der Waals surface area (Å²) < 4.78 is 0. The van der Waals surface area contributed by atoms with Crippen molar-refractivity contribution in [2.75, 3.05) is 0 Å². The number of rotatable bonds is 2. The van der Waals surface area contributed by atoms with Crippen molar-refractivity contribution in [2.24, 2.45) is 11.7 Å². The summed E-state index contributed by atoms with van der Waals surface area (Å²) in [7, 11) is 0. The zero-order valence-corrected chi connectivity index (χ0v) is 8.28. The van der Waals surface area contributed by atoms with Crippen LogP contribution in [0.5, 0.6) is 0 Å². The minimum atomic E-state index is -0.359. The first-order valence-corrected chi connectivity index (χ1v) is 5.42. The van der Waals surface area contributed by atoms with Gasteiger partial charge in [0.1, 0.15) is 0 Å². The average molecular weight is 198 g/mol. The van der Waals surface area contributed by atoms with Crippen LogP contribution in [0.1, 0.15) is 32.1 Å². The van der Waals surface area contributed by atoms with Crippen molar-refractivity contribution in [3.8, 4) is 0 Å². The third-order valence-corrected chi connectivity index (χ3v) is 3.23. The van der Waals surface area contributed by atoms with Gasteiger partial charge in [0.05, 0.1) is 18.1 Å². The Kier molecular flexibility index (Phi) is 2.74. The van der Waals surface area contributed by atoms with E-state index in [1.807, 2.05) is 0 Å². The molecule has 4 atom stereocenters. The number of aliphatic hydroxyl groups excluding tert-OH is 1. The predicted molar refractivity (Wildman–Crippen MR) is 52.5 cm³/mol. The molecule has 0 aromatic rings. The maximum absolute atomic E-state index is 11.5. The molecule has 0 aliphatic heterocycles. The molecule has 0 aromatic carbocycles. The highest BCUT2D eigenvalue weighted by Gasteiger charge is 2.41. The summed E-state index contributed by atoms with van der Waals surface area (Å²) in [5.41, 5.74) is 5.58. The molecule has 14 heavy (non-hydrogen) atoms. The molecule has 2 saturated carbocycles. The zero-order valence-electron chi connectivity index (χ0n) is 8.28. The minimum Gasteiger partial charge on any atom is -0.391 e. The Balaban J connectivity index is 1.80. The largest absolute Gasteiger partial charge is 0.391 e. The van der Waals surface area contributed by atoms with E-state index in [0.29, 0.717) is 0 Å². The number of nitrogens with two attached hydrogens (primary N) is 1. The number of carbonyl (C=O) groups is 1. The lowest BCUT2D eigenvalue weighted by atomic mass is 9.92. The zero-order chi connectivity index (χ0) is 10.1. The van der Waals surface area contributed by atoms with Crippen LogP contribution >= 0.6 is 0 Å². The molecular formula is C10H18N2O2. The molecule has 2 aliphatic rings. The van der Waals surface area contributed by atoms with E-state index in [1.165, 1.54) is 0 Å². The lowest BCUT2D eigenvalue weighted by Gasteiger charge is -2.28. The van der Waals surface area contributed by atoms with Gasteiger partial charge in [0, 0.05) is 6.04 Å². The average Bonchev–Trinajstić information content (AvgIpc) is 2.87. The first kappa shape index (κ1) is 9.93. The van der Waals surface area contributed by atoms with Crippen LogP contribution in [0.2, 0.25) is 0 Å². The van der Waals surface area contributed by atoms with Gasteiger partial charge in [-0.2, -0.15) is 0 Å². The van der Waals surface area contributed by atoms with Gasteiger partial charge in [-0.15, -0.1) is 0 Å². The number of carbonyl (C=O) groups excluding carboxylic acids is 1. The van der Waals surface area contributed by atoms with E-state index in [-0.39, 0.29) is 30.0 Å². The summed E-state index contributed by atoms with van der Waals surface area (Å²) in [4.78, 5) is 11.5. The lowest BCUT2D eigenvalue weighted by molar-refractivity contribution is -0.124. The fourth-order valence-corrected chi connectivity index (χ4v) is 2.09. The normalized spacial score (nSPS) is 41.9. The SMILES string of the molecule is NC1CC1C(=O)NC1CCCCC1O. The van der Waals surface area contributed by atoms with Gasteiger partial charge in [-0.25, -0.2) is 0 Å². The molecule has 80 valence electrons. The monoisotopic (exact) mass is 198 g/mol. The predicted octanol–water partition coefficient (Wildman–Crippen LogP) is -0.247. The van der Waals surface area contributed by atoms with Gasteiger partial charge in [0.25, 0.3) is 0 Å². The second kappa shape index (κ2) is 3.87. The molecule has 0 bridgehead atoms. The first-order chi connectivity index (χ1) is 6.68. The number of hydrogen-bond acceptors (Lipinski definition) is 3. The number of nitrogens with one attached hydrogen (secondary N) is 1. The van der Waals surface area contributed by atoms with Gasteiger partial charge >= 0.3 is 0 Å². The third-order valence-electron chi connectivity index (χ3n) is 3.23. The molecule has 2 fully saturated rings.